The van der Waals surface area contributed by atoms with E-state index in [4.69, 9.17) is 4.42 Å². The monoisotopic (exact) mass is 293 g/mol. The molecule has 0 spiro atoms. The molecule has 3 rings (SSSR count). The average Bonchev–Trinajstić information content (AvgIpc) is 2.73. The van der Waals surface area contributed by atoms with Crippen LogP contribution in [0.15, 0.2) is 33.4 Å². The summed E-state index contributed by atoms with van der Waals surface area (Å²) in [6.45, 7) is 3.47. The minimum atomic E-state index is 0.978. The molecule has 2 nitrogen and oxygen atoms in total. The Morgan fingerprint density at radius 1 is 1.18 bits per heavy atom. The number of furan rings is 1. The zero-order valence-electron chi connectivity index (χ0n) is 9.79. The summed E-state index contributed by atoms with van der Waals surface area (Å²) in [5, 5.41) is 1.25. The topological polar surface area (TPSA) is 16.4 Å². The van der Waals surface area contributed by atoms with E-state index >= 15 is 0 Å². The van der Waals surface area contributed by atoms with Crippen LogP contribution in [0.2, 0.25) is 0 Å². The second-order valence-electron chi connectivity index (χ2n) is 4.74. The molecule has 0 bridgehead atoms. The van der Waals surface area contributed by atoms with Gasteiger partial charge in [-0.15, -0.1) is 0 Å². The van der Waals surface area contributed by atoms with Crippen molar-refractivity contribution < 1.29 is 4.42 Å². The highest BCUT2D eigenvalue weighted by Crippen LogP contribution is 2.26. The van der Waals surface area contributed by atoms with E-state index in [2.05, 4.69) is 33.0 Å². The highest BCUT2D eigenvalue weighted by Gasteiger charge is 2.13. The number of piperidine rings is 1. The molecule has 1 fully saturated rings. The molecule has 17 heavy (non-hydrogen) atoms. The third kappa shape index (κ3) is 2.40. The standard InChI is InChI=1S/C14H16BrNO/c15-12-4-5-13-11(10-17-14(13)8-12)9-16-6-2-1-3-7-16/h4-5,8,10H,1-3,6-7,9H2. The molecule has 0 saturated carbocycles. The van der Waals surface area contributed by atoms with Gasteiger partial charge in [-0.2, -0.15) is 0 Å². The number of rotatable bonds is 2. The van der Waals surface area contributed by atoms with Gasteiger partial charge in [-0.05, 0) is 44.1 Å². The molecular formula is C14H16BrNO. The van der Waals surface area contributed by atoms with Crippen molar-refractivity contribution in [2.24, 2.45) is 0 Å². The SMILES string of the molecule is Brc1ccc2c(CN3CCCCC3)coc2c1. The zero-order valence-corrected chi connectivity index (χ0v) is 11.4. The van der Waals surface area contributed by atoms with Gasteiger partial charge >= 0.3 is 0 Å². The van der Waals surface area contributed by atoms with Gasteiger partial charge in [-0.3, -0.25) is 4.90 Å². The van der Waals surface area contributed by atoms with Gasteiger partial charge in [0.25, 0.3) is 0 Å². The van der Waals surface area contributed by atoms with Crippen LogP contribution in [0.1, 0.15) is 24.8 Å². The number of fused-ring (bicyclic) bond motifs is 1. The molecule has 0 aliphatic carbocycles. The molecule has 90 valence electrons. The van der Waals surface area contributed by atoms with Crippen molar-refractivity contribution in [2.75, 3.05) is 13.1 Å². The Kier molecular flexibility index (Phi) is 3.21. The van der Waals surface area contributed by atoms with Crippen molar-refractivity contribution in [3.63, 3.8) is 0 Å². The average molecular weight is 294 g/mol. The number of halogens is 1. The first-order chi connectivity index (χ1) is 8.33. The Bertz CT molecular complexity index is 514. The normalized spacial score (nSPS) is 17.7. The van der Waals surface area contributed by atoms with E-state index in [0.29, 0.717) is 0 Å². The lowest BCUT2D eigenvalue weighted by atomic mass is 10.1. The maximum atomic E-state index is 5.61. The molecule has 0 amide bonds. The summed E-state index contributed by atoms with van der Waals surface area (Å²) in [4.78, 5) is 2.52. The molecule has 0 atom stereocenters. The van der Waals surface area contributed by atoms with Crippen molar-refractivity contribution >= 4 is 26.9 Å². The molecule has 2 heterocycles. The predicted molar refractivity (Wildman–Crippen MR) is 73.0 cm³/mol. The largest absolute Gasteiger partial charge is 0.464 e. The Hall–Kier alpha value is -0.800. The molecular weight excluding hydrogens is 278 g/mol. The number of hydrogen-bond donors (Lipinski definition) is 0. The fraction of sp³-hybridized carbons (Fsp3) is 0.429. The summed E-state index contributed by atoms with van der Waals surface area (Å²) >= 11 is 3.47. The molecule has 1 saturated heterocycles. The summed E-state index contributed by atoms with van der Waals surface area (Å²) < 4.78 is 6.69. The molecule has 0 radical (unpaired) electrons. The van der Waals surface area contributed by atoms with Crippen LogP contribution in [-0.4, -0.2) is 18.0 Å². The van der Waals surface area contributed by atoms with Crippen LogP contribution in [0.5, 0.6) is 0 Å². The molecule has 1 aliphatic heterocycles. The molecule has 1 aliphatic rings. The van der Waals surface area contributed by atoms with Gasteiger partial charge in [0.1, 0.15) is 5.58 Å². The first kappa shape index (κ1) is 11.3. The first-order valence-corrected chi connectivity index (χ1v) is 7.00. The lowest BCUT2D eigenvalue weighted by molar-refractivity contribution is 0.221. The van der Waals surface area contributed by atoms with Crippen molar-refractivity contribution in [3.05, 3.63) is 34.5 Å². The van der Waals surface area contributed by atoms with E-state index < -0.39 is 0 Å². The zero-order chi connectivity index (χ0) is 11.7. The van der Waals surface area contributed by atoms with Gasteiger partial charge in [0, 0.05) is 22.0 Å². The Morgan fingerprint density at radius 2 is 2.00 bits per heavy atom. The molecule has 3 heteroatoms. The maximum absolute atomic E-state index is 5.61. The minimum Gasteiger partial charge on any atom is -0.464 e. The number of hydrogen-bond acceptors (Lipinski definition) is 2. The molecule has 2 aromatic rings. The van der Waals surface area contributed by atoms with Gasteiger partial charge in [0.2, 0.25) is 0 Å². The highest BCUT2D eigenvalue weighted by atomic mass is 79.9. The van der Waals surface area contributed by atoms with Crippen LogP contribution in [0, 0.1) is 0 Å². The van der Waals surface area contributed by atoms with Gasteiger partial charge < -0.3 is 4.42 Å². The van der Waals surface area contributed by atoms with Crippen LogP contribution >= 0.6 is 15.9 Å². The summed E-state index contributed by atoms with van der Waals surface area (Å²) in [6.07, 6.45) is 5.96. The van der Waals surface area contributed by atoms with E-state index in [1.54, 1.807) is 0 Å². The van der Waals surface area contributed by atoms with Gasteiger partial charge in [-0.25, -0.2) is 0 Å². The lowest BCUT2D eigenvalue weighted by Crippen LogP contribution is -2.28. The van der Waals surface area contributed by atoms with Crippen LogP contribution in [0.4, 0.5) is 0 Å². The summed E-state index contributed by atoms with van der Waals surface area (Å²) in [7, 11) is 0. The molecule has 1 aromatic carbocycles. The lowest BCUT2D eigenvalue weighted by Gasteiger charge is -2.25. The first-order valence-electron chi connectivity index (χ1n) is 6.21. The van der Waals surface area contributed by atoms with Crippen LogP contribution in [0.25, 0.3) is 11.0 Å². The Balaban J connectivity index is 1.84. The Labute approximate surface area is 110 Å². The molecule has 0 unspecified atom stereocenters. The van der Waals surface area contributed by atoms with Crippen molar-refractivity contribution in [1.29, 1.82) is 0 Å². The number of nitrogens with zero attached hydrogens (tertiary/aromatic N) is 1. The fourth-order valence-electron chi connectivity index (χ4n) is 2.54. The summed E-state index contributed by atoms with van der Waals surface area (Å²) in [5.74, 6) is 0. The smallest absolute Gasteiger partial charge is 0.135 e. The second-order valence-corrected chi connectivity index (χ2v) is 5.65. The van der Waals surface area contributed by atoms with Crippen LogP contribution in [0.3, 0.4) is 0 Å². The van der Waals surface area contributed by atoms with Gasteiger partial charge in [-0.1, -0.05) is 22.4 Å². The second kappa shape index (κ2) is 4.83. The summed E-state index contributed by atoms with van der Waals surface area (Å²) in [5.41, 5.74) is 2.29. The number of likely N-dealkylation sites (tertiary alicyclic amines) is 1. The van der Waals surface area contributed by atoms with E-state index in [0.717, 1.165) is 16.6 Å². The van der Waals surface area contributed by atoms with Crippen molar-refractivity contribution in [2.45, 2.75) is 25.8 Å². The quantitative estimate of drug-likeness (QED) is 0.826. The van der Waals surface area contributed by atoms with Crippen LogP contribution in [-0.2, 0) is 6.54 Å². The fourth-order valence-corrected chi connectivity index (χ4v) is 2.88. The van der Waals surface area contributed by atoms with Gasteiger partial charge in [0.15, 0.2) is 0 Å². The maximum Gasteiger partial charge on any atom is 0.135 e. The van der Waals surface area contributed by atoms with E-state index in [9.17, 15) is 0 Å². The number of benzene rings is 1. The van der Waals surface area contributed by atoms with Crippen molar-refractivity contribution in [3.8, 4) is 0 Å². The van der Waals surface area contributed by atoms with E-state index in [1.165, 1.54) is 43.3 Å². The van der Waals surface area contributed by atoms with E-state index in [1.807, 2.05) is 12.3 Å². The van der Waals surface area contributed by atoms with Crippen LogP contribution < -0.4 is 0 Å². The molecule has 1 aromatic heterocycles. The predicted octanol–water partition coefficient (Wildman–Crippen LogP) is 4.18. The third-order valence-corrected chi connectivity index (χ3v) is 3.95. The minimum absolute atomic E-state index is 0.978. The van der Waals surface area contributed by atoms with Gasteiger partial charge in [0.05, 0.1) is 6.26 Å². The van der Waals surface area contributed by atoms with E-state index in [-0.39, 0.29) is 0 Å². The highest BCUT2D eigenvalue weighted by molar-refractivity contribution is 9.10. The molecule has 0 N–H and O–H groups in total. The summed E-state index contributed by atoms with van der Waals surface area (Å²) in [6, 6.07) is 6.26. The van der Waals surface area contributed by atoms with Crippen molar-refractivity contribution in [1.82, 2.24) is 4.90 Å². The third-order valence-electron chi connectivity index (χ3n) is 3.46. The Morgan fingerprint density at radius 3 is 2.82 bits per heavy atom.